The van der Waals surface area contributed by atoms with E-state index < -0.39 is 0 Å². The van der Waals surface area contributed by atoms with Gasteiger partial charge in [0.05, 0.1) is 16.0 Å². The highest BCUT2D eigenvalue weighted by atomic mass is 32.2. The van der Waals surface area contributed by atoms with Gasteiger partial charge in [-0.2, -0.15) is 0 Å². The molecule has 1 saturated heterocycles. The number of para-hydroxylation sites is 3. The zero-order chi connectivity index (χ0) is 25.7. The zero-order valence-electron chi connectivity index (χ0n) is 20.6. The third-order valence-electron chi connectivity index (χ3n) is 6.34. The summed E-state index contributed by atoms with van der Waals surface area (Å²) in [6.45, 7) is 3.18. The number of anilines is 1. The Morgan fingerprint density at radius 3 is 2.34 bits per heavy atom. The molecule has 8 nitrogen and oxygen atoms in total. The van der Waals surface area contributed by atoms with Crippen LogP contribution in [0.1, 0.15) is 5.82 Å². The molecule has 0 spiro atoms. The second-order valence-electron chi connectivity index (χ2n) is 8.79. The van der Waals surface area contributed by atoms with Crippen LogP contribution in [0.5, 0.6) is 5.75 Å². The van der Waals surface area contributed by atoms with Crippen LogP contribution in [0.2, 0.25) is 0 Å². The maximum absolute atomic E-state index is 13.1. The van der Waals surface area contributed by atoms with Gasteiger partial charge in [-0.1, -0.05) is 71.6 Å². The highest BCUT2D eigenvalue weighted by Gasteiger charge is 2.24. The fourth-order valence-electron chi connectivity index (χ4n) is 4.35. The molecule has 3 aromatic carbocycles. The molecule has 0 saturated carbocycles. The van der Waals surface area contributed by atoms with E-state index in [2.05, 4.69) is 21.2 Å². The van der Waals surface area contributed by atoms with Gasteiger partial charge in [-0.3, -0.25) is 9.36 Å². The van der Waals surface area contributed by atoms with Crippen molar-refractivity contribution in [2.24, 2.45) is 0 Å². The van der Waals surface area contributed by atoms with Crippen LogP contribution in [0.4, 0.5) is 5.13 Å². The molecule has 0 atom stereocenters. The fraction of sp³-hybridized carbons (Fsp3) is 0.214. The van der Waals surface area contributed by atoms with Crippen LogP contribution in [0.25, 0.3) is 15.9 Å². The molecule has 1 aliphatic rings. The lowest BCUT2D eigenvalue weighted by atomic mass is 10.3. The van der Waals surface area contributed by atoms with Crippen LogP contribution >= 0.6 is 23.1 Å². The average Bonchev–Trinajstić information content (AvgIpc) is 3.60. The van der Waals surface area contributed by atoms with E-state index in [1.165, 1.54) is 16.5 Å². The number of rotatable bonds is 8. The topological polar surface area (TPSA) is 76.4 Å². The molecule has 2 aromatic heterocycles. The number of thioether (sulfide) groups is 1. The van der Waals surface area contributed by atoms with E-state index >= 15 is 0 Å². The Hall–Kier alpha value is -3.89. The number of carbonyl (C=O) groups is 1. The molecular formula is C28H26N6O2S2. The molecule has 0 bridgehead atoms. The molecule has 1 fully saturated rings. The molecule has 0 radical (unpaired) electrons. The van der Waals surface area contributed by atoms with Crippen molar-refractivity contribution in [3.8, 4) is 11.4 Å². The Labute approximate surface area is 228 Å². The van der Waals surface area contributed by atoms with Crippen LogP contribution in [-0.2, 0) is 11.4 Å². The number of amides is 1. The predicted molar refractivity (Wildman–Crippen MR) is 151 cm³/mol. The standard InChI is InChI=1S/C28H26N6O2S2/c35-26(32-15-17-33(18-16-32)27-29-23-13-7-8-14-24(23)38-27)20-37-28-31-30-25(19-36-22-11-5-2-6-12-22)34(28)21-9-3-1-4-10-21/h1-14H,15-20H2. The fourth-order valence-corrected chi connectivity index (χ4v) is 6.24. The third-order valence-corrected chi connectivity index (χ3v) is 8.35. The molecule has 3 heterocycles. The van der Waals surface area contributed by atoms with Crippen LogP contribution in [0, 0.1) is 0 Å². The van der Waals surface area contributed by atoms with Gasteiger partial charge in [0.2, 0.25) is 5.91 Å². The maximum atomic E-state index is 13.1. The highest BCUT2D eigenvalue weighted by molar-refractivity contribution is 7.99. The normalized spacial score (nSPS) is 13.7. The number of benzene rings is 3. The van der Waals surface area contributed by atoms with Crippen molar-refractivity contribution in [2.75, 3.05) is 36.8 Å². The first-order chi connectivity index (χ1) is 18.7. The van der Waals surface area contributed by atoms with E-state index in [0.29, 0.717) is 29.8 Å². The van der Waals surface area contributed by atoms with Gasteiger partial charge in [0.15, 0.2) is 16.1 Å². The van der Waals surface area contributed by atoms with Crippen molar-refractivity contribution in [3.63, 3.8) is 0 Å². The van der Waals surface area contributed by atoms with E-state index in [0.717, 1.165) is 35.2 Å². The predicted octanol–water partition coefficient (Wildman–Crippen LogP) is 4.90. The Kier molecular flexibility index (Phi) is 7.23. The van der Waals surface area contributed by atoms with Crippen LogP contribution in [-0.4, -0.2) is 62.5 Å². The molecule has 0 N–H and O–H groups in total. The molecule has 5 aromatic rings. The molecule has 0 unspecified atom stereocenters. The van der Waals surface area contributed by atoms with Gasteiger partial charge in [0, 0.05) is 31.9 Å². The van der Waals surface area contributed by atoms with Crippen LogP contribution in [0.15, 0.2) is 90.1 Å². The van der Waals surface area contributed by atoms with Gasteiger partial charge in [-0.05, 0) is 36.4 Å². The van der Waals surface area contributed by atoms with E-state index in [-0.39, 0.29) is 12.5 Å². The lowest BCUT2D eigenvalue weighted by Gasteiger charge is -2.34. The van der Waals surface area contributed by atoms with Crippen molar-refractivity contribution in [3.05, 3.63) is 90.8 Å². The molecule has 0 aliphatic carbocycles. The Bertz CT molecular complexity index is 1480. The first-order valence-corrected chi connectivity index (χ1v) is 14.2. The van der Waals surface area contributed by atoms with Crippen molar-refractivity contribution < 1.29 is 9.53 Å². The van der Waals surface area contributed by atoms with E-state index in [4.69, 9.17) is 9.72 Å². The van der Waals surface area contributed by atoms with Crippen molar-refractivity contribution in [1.82, 2.24) is 24.6 Å². The minimum atomic E-state index is 0.101. The monoisotopic (exact) mass is 542 g/mol. The lowest BCUT2D eigenvalue weighted by molar-refractivity contribution is -0.128. The van der Waals surface area contributed by atoms with Gasteiger partial charge in [-0.25, -0.2) is 4.98 Å². The summed E-state index contributed by atoms with van der Waals surface area (Å²) in [5, 5.41) is 10.5. The quantitative estimate of drug-likeness (QED) is 0.258. The minimum Gasteiger partial charge on any atom is -0.486 e. The maximum Gasteiger partial charge on any atom is 0.233 e. The highest BCUT2D eigenvalue weighted by Crippen LogP contribution is 2.29. The zero-order valence-corrected chi connectivity index (χ0v) is 22.3. The molecular weight excluding hydrogens is 516 g/mol. The number of hydrogen-bond acceptors (Lipinski definition) is 8. The smallest absolute Gasteiger partial charge is 0.233 e. The van der Waals surface area contributed by atoms with E-state index in [1.54, 1.807) is 11.3 Å². The number of hydrogen-bond donors (Lipinski definition) is 0. The summed E-state index contributed by atoms with van der Waals surface area (Å²) in [6, 6.07) is 27.8. The molecule has 1 amide bonds. The van der Waals surface area contributed by atoms with Gasteiger partial charge in [0.25, 0.3) is 0 Å². The first kappa shape index (κ1) is 24.4. The van der Waals surface area contributed by atoms with Crippen molar-refractivity contribution in [1.29, 1.82) is 0 Å². The van der Waals surface area contributed by atoms with Crippen molar-refractivity contribution >= 4 is 44.4 Å². The lowest BCUT2D eigenvalue weighted by Crippen LogP contribution is -2.49. The second kappa shape index (κ2) is 11.2. The van der Waals surface area contributed by atoms with Gasteiger partial charge in [0.1, 0.15) is 12.4 Å². The summed E-state index contributed by atoms with van der Waals surface area (Å²) in [4.78, 5) is 22.1. The van der Waals surface area contributed by atoms with Crippen LogP contribution < -0.4 is 9.64 Å². The Morgan fingerprint density at radius 1 is 0.868 bits per heavy atom. The number of piperazine rings is 1. The number of fused-ring (bicyclic) bond motifs is 1. The summed E-state index contributed by atoms with van der Waals surface area (Å²) in [5.74, 6) is 1.85. The first-order valence-electron chi connectivity index (χ1n) is 12.4. The van der Waals surface area contributed by atoms with Gasteiger partial charge >= 0.3 is 0 Å². The summed E-state index contributed by atoms with van der Waals surface area (Å²) in [7, 11) is 0. The number of carbonyl (C=O) groups excluding carboxylic acids is 1. The minimum absolute atomic E-state index is 0.101. The average molecular weight is 543 g/mol. The third kappa shape index (κ3) is 5.36. The summed E-state index contributed by atoms with van der Waals surface area (Å²) < 4.78 is 9.09. The molecule has 1 aliphatic heterocycles. The number of nitrogens with zero attached hydrogens (tertiary/aromatic N) is 6. The van der Waals surface area contributed by atoms with E-state index in [1.807, 2.05) is 88.3 Å². The Morgan fingerprint density at radius 2 is 1.58 bits per heavy atom. The Balaban J connectivity index is 1.09. The summed E-state index contributed by atoms with van der Waals surface area (Å²) in [6.07, 6.45) is 0. The summed E-state index contributed by atoms with van der Waals surface area (Å²) >= 11 is 3.11. The molecule has 10 heteroatoms. The second-order valence-corrected chi connectivity index (χ2v) is 10.7. The summed E-state index contributed by atoms with van der Waals surface area (Å²) in [5.41, 5.74) is 1.96. The molecule has 6 rings (SSSR count). The van der Waals surface area contributed by atoms with Gasteiger partial charge < -0.3 is 14.5 Å². The molecule has 192 valence electrons. The molecule has 38 heavy (non-hydrogen) atoms. The van der Waals surface area contributed by atoms with Gasteiger partial charge in [-0.15, -0.1) is 10.2 Å². The number of thiazole rings is 1. The van der Waals surface area contributed by atoms with E-state index in [9.17, 15) is 4.79 Å². The largest absolute Gasteiger partial charge is 0.486 e. The van der Waals surface area contributed by atoms with Crippen LogP contribution in [0.3, 0.4) is 0 Å². The van der Waals surface area contributed by atoms with Crippen molar-refractivity contribution in [2.45, 2.75) is 11.8 Å². The number of aromatic nitrogens is 4. The number of ether oxygens (including phenoxy) is 1. The SMILES string of the molecule is O=C(CSc1nnc(COc2ccccc2)n1-c1ccccc1)N1CCN(c2nc3ccccc3s2)CC1.